The van der Waals surface area contributed by atoms with Crippen molar-refractivity contribution in [2.24, 2.45) is 0 Å². The summed E-state index contributed by atoms with van der Waals surface area (Å²) in [5, 5.41) is 2.89. The summed E-state index contributed by atoms with van der Waals surface area (Å²) in [6.07, 6.45) is 4.81. The molecule has 0 atom stereocenters. The van der Waals surface area contributed by atoms with E-state index in [1.807, 2.05) is 23.1 Å². The predicted molar refractivity (Wildman–Crippen MR) is 143 cm³/mol. The lowest BCUT2D eigenvalue weighted by atomic mass is 10.1. The SMILES string of the molecule is BN1CCN(C(=O)c2ccc(-c3cnc(N)c(C(=O)Nc4cnccc4N4CCOCC4)n3)cc2)CC1. The molecule has 2 aliphatic heterocycles. The maximum absolute atomic E-state index is 13.2. The van der Waals surface area contributed by atoms with Crippen molar-refractivity contribution in [2.45, 2.75) is 0 Å². The second-order valence-electron chi connectivity index (χ2n) is 9.11. The maximum Gasteiger partial charge on any atom is 0.278 e. The van der Waals surface area contributed by atoms with E-state index in [2.05, 4.69) is 38.0 Å². The van der Waals surface area contributed by atoms with Crippen LogP contribution in [0.2, 0.25) is 0 Å². The van der Waals surface area contributed by atoms with Crippen molar-refractivity contribution in [1.29, 1.82) is 0 Å². The molecular weight excluding hydrogens is 471 g/mol. The van der Waals surface area contributed by atoms with Gasteiger partial charge >= 0.3 is 0 Å². The molecule has 11 nitrogen and oxygen atoms in total. The number of carbonyl (C=O) groups excluding carboxylic acids is 2. The monoisotopic (exact) mass is 500 g/mol. The Hall–Kier alpha value is -4.03. The Kier molecular flexibility index (Phi) is 7.29. The molecule has 190 valence electrons. The van der Waals surface area contributed by atoms with Gasteiger partial charge in [-0.25, -0.2) is 9.97 Å². The van der Waals surface area contributed by atoms with Gasteiger partial charge in [-0.05, 0) is 18.2 Å². The molecule has 4 heterocycles. The smallest absolute Gasteiger partial charge is 0.278 e. The number of ether oxygens (including phenoxy) is 1. The fourth-order valence-corrected chi connectivity index (χ4v) is 4.43. The van der Waals surface area contributed by atoms with Gasteiger partial charge in [-0.1, -0.05) is 12.1 Å². The highest BCUT2D eigenvalue weighted by atomic mass is 16.5. The molecule has 0 bridgehead atoms. The van der Waals surface area contributed by atoms with Crippen LogP contribution in [0.3, 0.4) is 0 Å². The molecule has 2 aromatic heterocycles. The van der Waals surface area contributed by atoms with Gasteiger partial charge in [-0.2, -0.15) is 0 Å². The predicted octanol–water partition coefficient (Wildman–Crippen LogP) is 0.516. The average Bonchev–Trinajstić information content (AvgIpc) is 2.94. The second-order valence-corrected chi connectivity index (χ2v) is 9.11. The number of pyridine rings is 1. The van der Waals surface area contributed by atoms with Gasteiger partial charge in [0.15, 0.2) is 19.5 Å². The summed E-state index contributed by atoms with van der Waals surface area (Å²) in [7, 11) is 2.05. The van der Waals surface area contributed by atoms with Crippen molar-refractivity contribution in [3.05, 3.63) is 60.2 Å². The molecule has 37 heavy (non-hydrogen) atoms. The Morgan fingerprint density at radius 2 is 1.70 bits per heavy atom. The zero-order valence-electron chi connectivity index (χ0n) is 20.8. The molecule has 3 aromatic rings. The lowest BCUT2D eigenvalue weighted by Gasteiger charge is -2.32. The number of hydrogen-bond acceptors (Lipinski definition) is 9. The summed E-state index contributed by atoms with van der Waals surface area (Å²) in [5.74, 6) is -0.438. The zero-order chi connectivity index (χ0) is 25.8. The van der Waals surface area contributed by atoms with E-state index in [4.69, 9.17) is 10.5 Å². The molecular formula is C25H29BN8O3. The first-order chi connectivity index (χ1) is 18.0. The number of piperazine rings is 1. The zero-order valence-corrected chi connectivity index (χ0v) is 20.8. The summed E-state index contributed by atoms with van der Waals surface area (Å²) in [5.41, 5.74) is 9.29. The Morgan fingerprint density at radius 3 is 2.43 bits per heavy atom. The minimum atomic E-state index is -0.476. The van der Waals surface area contributed by atoms with Gasteiger partial charge in [0, 0.05) is 56.6 Å². The topological polar surface area (TPSA) is 130 Å². The molecule has 2 fully saturated rings. The van der Waals surface area contributed by atoms with E-state index in [1.165, 1.54) is 6.20 Å². The molecule has 1 aromatic carbocycles. The third-order valence-corrected chi connectivity index (χ3v) is 6.63. The Morgan fingerprint density at radius 1 is 0.973 bits per heavy atom. The normalized spacial score (nSPS) is 16.4. The summed E-state index contributed by atoms with van der Waals surface area (Å²) < 4.78 is 5.44. The number of morpholine rings is 1. The van der Waals surface area contributed by atoms with Crippen LogP contribution in [0.5, 0.6) is 0 Å². The Bertz CT molecular complexity index is 1280. The molecule has 2 aliphatic rings. The van der Waals surface area contributed by atoms with Gasteiger partial charge in [0.05, 0.1) is 42.7 Å². The van der Waals surface area contributed by atoms with Crippen molar-refractivity contribution in [3.8, 4) is 11.3 Å². The second kappa shape index (κ2) is 10.9. The third kappa shape index (κ3) is 5.55. The molecule has 3 N–H and O–H groups in total. The lowest BCUT2D eigenvalue weighted by Crippen LogP contribution is -2.47. The summed E-state index contributed by atoms with van der Waals surface area (Å²) in [6.45, 7) is 5.83. The van der Waals surface area contributed by atoms with E-state index in [9.17, 15) is 9.59 Å². The van der Waals surface area contributed by atoms with Gasteiger partial charge in [0.2, 0.25) is 0 Å². The fourth-order valence-electron chi connectivity index (χ4n) is 4.43. The van der Waals surface area contributed by atoms with E-state index >= 15 is 0 Å². The Balaban J connectivity index is 1.32. The first-order valence-corrected chi connectivity index (χ1v) is 12.3. The number of nitrogen functional groups attached to an aromatic ring is 1. The average molecular weight is 500 g/mol. The standard InChI is InChI=1S/C25H29BN8O3/c26-34-9-7-33(8-10-34)25(36)18-3-1-17(2-4-18)19-16-29-23(27)22(30-19)24(35)31-20-15-28-6-5-21(20)32-11-13-37-14-12-32/h1-6,15-16H,7-14,26H2,(H2,27,29)(H,31,35). The van der Waals surface area contributed by atoms with Crippen LogP contribution in [-0.4, -0.2) is 96.9 Å². The highest BCUT2D eigenvalue weighted by molar-refractivity contribution is 6.07. The number of benzene rings is 1. The van der Waals surface area contributed by atoms with Crippen molar-refractivity contribution in [2.75, 3.05) is 68.4 Å². The fraction of sp³-hybridized carbons (Fsp3) is 0.320. The number of amides is 2. The van der Waals surface area contributed by atoms with E-state index in [0.717, 1.165) is 37.4 Å². The van der Waals surface area contributed by atoms with Crippen LogP contribution in [0.4, 0.5) is 17.2 Å². The number of carbonyl (C=O) groups is 2. The van der Waals surface area contributed by atoms with Gasteiger partial charge in [-0.15, -0.1) is 0 Å². The van der Waals surface area contributed by atoms with Crippen LogP contribution in [0.15, 0.2) is 48.9 Å². The Labute approximate surface area is 216 Å². The number of anilines is 3. The number of nitrogens with two attached hydrogens (primary N) is 1. The van der Waals surface area contributed by atoms with Gasteiger partial charge < -0.3 is 30.4 Å². The quantitative estimate of drug-likeness (QED) is 0.482. The van der Waals surface area contributed by atoms with Crippen LogP contribution in [-0.2, 0) is 4.74 Å². The maximum atomic E-state index is 13.2. The molecule has 5 rings (SSSR count). The van der Waals surface area contributed by atoms with Crippen LogP contribution < -0.4 is 16.0 Å². The first kappa shape index (κ1) is 24.7. The van der Waals surface area contributed by atoms with Gasteiger partial charge in [-0.3, -0.25) is 14.6 Å². The first-order valence-electron chi connectivity index (χ1n) is 12.3. The molecule has 0 radical (unpaired) electrons. The molecule has 0 aliphatic carbocycles. The van der Waals surface area contributed by atoms with Gasteiger partial charge in [0.1, 0.15) is 0 Å². The summed E-state index contributed by atoms with van der Waals surface area (Å²) >= 11 is 0. The van der Waals surface area contributed by atoms with E-state index in [-0.39, 0.29) is 17.4 Å². The minimum absolute atomic E-state index is 0.00986. The van der Waals surface area contributed by atoms with Crippen LogP contribution in [0, 0.1) is 0 Å². The molecule has 12 heteroatoms. The van der Waals surface area contributed by atoms with E-state index in [1.54, 1.807) is 24.5 Å². The lowest BCUT2D eigenvalue weighted by molar-refractivity contribution is 0.0699. The van der Waals surface area contributed by atoms with Crippen LogP contribution in [0.25, 0.3) is 11.3 Å². The molecule has 2 saturated heterocycles. The number of nitrogens with one attached hydrogen (secondary N) is 1. The largest absolute Gasteiger partial charge is 0.382 e. The summed E-state index contributed by atoms with van der Waals surface area (Å²) in [6, 6.07) is 9.03. The van der Waals surface area contributed by atoms with Crippen molar-refractivity contribution in [3.63, 3.8) is 0 Å². The third-order valence-electron chi connectivity index (χ3n) is 6.63. The van der Waals surface area contributed by atoms with Crippen LogP contribution >= 0.6 is 0 Å². The number of aromatic nitrogens is 3. The number of rotatable bonds is 5. The number of nitrogens with zero attached hydrogens (tertiary/aromatic N) is 6. The van der Waals surface area contributed by atoms with Crippen molar-refractivity contribution >= 4 is 37.0 Å². The molecule has 2 amide bonds. The number of hydrogen-bond donors (Lipinski definition) is 2. The molecule has 0 spiro atoms. The van der Waals surface area contributed by atoms with Gasteiger partial charge in [0.25, 0.3) is 11.8 Å². The van der Waals surface area contributed by atoms with Crippen molar-refractivity contribution in [1.82, 2.24) is 24.7 Å². The van der Waals surface area contributed by atoms with Crippen molar-refractivity contribution < 1.29 is 14.3 Å². The van der Waals surface area contributed by atoms with E-state index < -0.39 is 5.91 Å². The summed E-state index contributed by atoms with van der Waals surface area (Å²) in [4.78, 5) is 45.1. The highest BCUT2D eigenvalue weighted by Crippen LogP contribution is 2.27. The molecule has 0 unspecified atom stereocenters. The van der Waals surface area contributed by atoms with E-state index in [0.29, 0.717) is 43.2 Å². The minimum Gasteiger partial charge on any atom is -0.382 e. The van der Waals surface area contributed by atoms with Crippen LogP contribution in [0.1, 0.15) is 20.8 Å². The highest BCUT2D eigenvalue weighted by Gasteiger charge is 2.22. The molecule has 0 saturated carbocycles.